The molecule has 0 amide bonds. The summed E-state index contributed by atoms with van der Waals surface area (Å²) >= 11 is 0. The molecule has 3 heteroatoms. The maximum absolute atomic E-state index is 5.93. The molecule has 3 N–H and O–H groups in total. The summed E-state index contributed by atoms with van der Waals surface area (Å²) in [5.41, 5.74) is 8.56. The molecule has 3 nitrogen and oxygen atoms in total. The van der Waals surface area contributed by atoms with Crippen molar-refractivity contribution in [2.45, 2.75) is 51.6 Å². The van der Waals surface area contributed by atoms with Gasteiger partial charge in [-0.1, -0.05) is 44.0 Å². The summed E-state index contributed by atoms with van der Waals surface area (Å²) in [6.07, 6.45) is 6.11. The van der Waals surface area contributed by atoms with Crippen LogP contribution in [0.15, 0.2) is 29.3 Å². The zero-order chi connectivity index (χ0) is 12.8. The highest BCUT2D eigenvalue weighted by molar-refractivity contribution is 5.78. The van der Waals surface area contributed by atoms with Crippen molar-refractivity contribution in [1.82, 2.24) is 5.32 Å². The molecule has 0 aliphatic heterocycles. The van der Waals surface area contributed by atoms with Crippen molar-refractivity contribution in [3.63, 3.8) is 0 Å². The van der Waals surface area contributed by atoms with E-state index in [-0.39, 0.29) is 0 Å². The van der Waals surface area contributed by atoms with E-state index in [1.54, 1.807) is 0 Å². The Morgan fingerprint density at radius 3 is 2.61 bits per heavy atom. The van der Waals surface area contributed by atoms with Crippen LogP contribution < -0.4 is 11.1 Å². The van der Waals surface area contributed by atoms with E-state index < -0.39 is 0 Å². The Morgan fingerprint density at radius 1 is 1.28 bits per heavy atom. The monoisotopic (exact) mass is 245 g/mol. The average Bonchev–Trinajstić information content (AvgIpc) is 2.89. The van der Waals surface area contributed by atoms with Crippen LogP contribution in [0.1, 0.15) is 43.7 Å². The zero-order valence-electron chi connectivity index (χ0n) is 11.2. The number of benzene rings is 1. The van der Waals surface area contributed by atoms with Crippen molar-refractivity contribution < 1.29 is 0 Å². The molecular formula is C15H23N3. The summed E-state index contributed by atoms with van der Waals surface area (Å²) in [6, 6.07) is 8.96. The highest BCUT2D eigenvalue weighted by Crippen LogP contribution is 2.17. The molecule has 1 aromatic carbocycles. The molecule has 2 rings (SSSR count). The summed E-state index contributed by atoms with van der Waals surface area (Å²) in [5.74, 6) is 0.591. The minimum absolute atomic E-state index is 0.537. The Bertz CT molecular complexity index is 406. The van der Waals surface area contributed by atoms with Crippen LogP contribution in [0.2, 0.25) is 0 Å². The van der Waals surface area contributed by atoms with E-state index in [4.69, 9.17) is 5.73 Å². The first-order valence-corrected chi connectivity index (χ1v) is 6.93. The third-order valence-corrected chi connectivity index (χ3v) is 3.63. The average molecular weight is 245 g/mol. The second-order valence-electron chi connectivity index (χ2n) is 4.95. The van der Waals surface area contributed by atoms with Crippen molar-refractivity contribution in [3.05, 3.63) is 35.4 Å². The number of nitrogens with two attached hydrogens (primary N) is 1. The van der Waals surface area contributed by atoms with Crippen molar-refractivity contribution in [1.29, 1.82) is 0 Å². The highest BCUT2D eigenvalue weighted by Gasteiger charge is 2.14. The van der Waals surface area contributed by atoms with Crippen molar-refractivity contribution in [2.75, 3.05) is 0 Å². The SMILES string of the molecule is CCc1ccccc1CN=C(N)NC1CCCC1. The first-order chi connectivity index (χ1) is 8.79. The Morgan fingerprint density at radius 2 is 1.94 bits per heavy atom. The lowest BCUT2D eigenvalue weighted by atomic mass is 10.1. The maximum atomic E-state index is 5.93. The Labute approximate surface area is 109 Å². The lowest BCUT2D eigenvalue weighted by Gasteiger charge is -2.12. The van der Waals surface area contributed by atoms with Gasteiger partial charge in [-0.25, -0.2) is 4.99 Å². The molecule has 0 saturated heterocycles. The second kappa shape index (κ2) is 6.43. The molecule has 1 saturated carbocycles. The van der Waals surface area contributed by atoms with Gasteiger partial charge in [-0.3, -0.25) is 0 Å². The number of hydrogen-bond acceptors (Lipinski definition) is 1. The van der Waals surface area contributed by atoms with Gasteiger partial charge in [-0.2, -0.15) is 0 Å². The van der Waals surface area contributed by atoms with Gasteiger partial charge in [0.05, 0.1) is 6.54 Å². The fourth-order valence-electron chi connectivity index (χ4n) is 2.55. The molecule has 0 bridgehead atoms. The molecule has 0 atom stereocenters. The lowest BCUT2D eigenvalue weighted by molar-refractivity contribution is 0.625. The number of rotatable bonds is 4. The lowest BCUT2D eigenvalue weighted by Crippen LogP contribution is -2.38. The Kier molecular flexibility index (Phi) is 4.62. The molecule has 18 heavy (non-hydrogen) atoms. The largest absolute Gasteiger partial charge is 0.370 e. The quantitative estimate of drug-likeness (QED) is 0.633. The minimum atomic E-state index is 0.537. The van der Waals surface area contributed by atoms with Crippen LogP contribution in [0, 0.1) is 0 Å². The normalized spacial score (nSPS) is 17.1. The van der Waals surface area contributed by atoms with Gasteiger partial charge in [0, 0.05) is 6.04 Å². The van der Waals surface area contributed by atoms with Crippen molar-refractivity contribution in [2.24, 2.45) is 10.7 Å². The number of aryl methyl sites for hydroxylation is 1. The van der Waals surface area contributed by atoms with Gasteiger partial charge in [0.25, 0.3) is 0 Å². The topological polar surface area (TPSA) is 50.4 Å². The van der Waals surface area contributed by atoms with Crippen LogP contribution in [0.3, 0.4) is 0 Å². The van der Waals surface area contributed by atoms with Gasteiger partial charge in [0.2, 0.25) is 0 Å². The van der Waals surface area contributed by atoms with Gasteiger partial charge in [-0.05, 0) is 30.4 Å². The zero-order valence-corrected chi connectivity index (χ0v) is 11.2. The van der Waals surface area contributed by atoms with E-state index in [9.17, 15) is 0 Å². The second-order valence-corrected chi connectivity index (χ2v) is 4.95. The number of guanidine groups is 1. The predicted molar refractivity (Wildman–Crippen MR) is 76.5 cm³/mol. The molecule has 0 spiro atoms. The molecule has 1 aliphatic rings. The fraction of sp³-hybridized carbons (Fsp3) is 0.533. The fourth-order valence-corrected chi connectivity index (χ4v) is 2.55. The molecule has 1 aromatic rings. The smallest absolute Gasteiger partial charge is 0.189 e. The Balaban J connectivity index is 1.92. The van der Waals surface area contributed by atoms with Crippen molar-refractivity contribution >= 4 is 5.96 Å². The van der Waals surface area contributed by atoms with Crippen LogP contribution in [0.4, 0.5) is 0 Å². The van der Waals surface area contributed by atoms with Crippen LogP contribution in [-0.2, 0) is 13.0 Å². The standard InChI is InChI=1S/C15H23N3/c1-2-12-7-3-4-8-13(12)11-17-15(16)18-14-9-5-6-10-14/h3-4,7-8,14H,2,5-6,9-11H2,1H3,(H3,16,17,18). The first-order valence-electron chi connectivity index (χ1n) is 6.93. The molecule has 0 aromatic heterocycles. The summed E-state index contributed by atoms with van der Waals surface area (Å²) in [7, 11) is 0. The van der Waals surface area contributed by atoms with Crippen molar-refractivity contribution in [3.8, 4) is 0 Å². The van der Waals surface area contributed by atoms with E-state index in [0.29, 0.717) is 18.5 Å². The van der Waals surface area contributed by atoms with E-state index in [1.165, 1.54) is 36.8 Å². The van der Waals surface area contributed by atoms with E-state index >= 15 is 0 Å². The molecule has 1 aliphatic carbocycles. The number of nitrogens with one attached hydrogen (secondary N) is 1. The molecule has 0 unspecified atom stereocenters. The maximum Gasteiger partial charge on any atom is 0.189 e. The Hall–Kier alpha value is -1.51. The van der Waals surface area contributed by atoms with E-state index in [0.717, 1.165) is 6.42 Å². The summed E-state index contributed by atoms with van der Waals surface area (Å²) < 4.78 is 0. The van der Waals surface area contributed by atoms with Gasteiger partial charge >= 0.3 is 0 Å². The molecule has 98 valence electrons. The number of hydrogen-bond donors (Lipinski definition) is 2. The first kappa shape index (κ1) is 12.9. The minimum Gasteiger partial charge on any atom is -0.370 e. The van der Waals surface area contributed by atoms with Gasteiger partial charge in [0.1, 0.15) is 0 Å². The summed E-state index contributed by atoms with van der Waals surface area (Å²) in [4.78, 5) is 4.45. The summed E-state index contributed by atoms with van der Waals surface area (Å²) in [6.45, 7) is 2.85. The van der Waals surface area contributed by atoms with Gasteiger partial charge in [-0.15, -0.1) is 0 Å². The molecule has 0 radical (unpaired) electrons. The van der Waals surface area contributed by atoms with Crippen LogP contribution in [0.5, 0.6) is 0 Å². The van der Waals surface area contributed by atoms with Gasteiger partial charge < -0.3 is 11.1 Å². The predicted octanol–water partition coefficient (Wildman–Crippen LogP) is 2.60. The summed E-state index contributed by atoms with van der Waals surface area (Å²) in [5, 5.41) is 3.31. The highest BCUT2D eigenvalue weighted by atomic mass is 15.1. The molecular weight excluding hydrogens is 222 g/mol. The van der Waals surface area contributed by atoms with E-state index in [2.05, 4.69) is 41.5 Å². The van der Waals surface area contributed by atoms with Crippen LogP contribution >= 0.6 is 0 Å². The number of aliphatic imine (C=N–C) groups is 1. The third-order valence-electron chi connectivity index (χ3n) is 3.63. The van der Waals surface area contributed by atoms with Crippen LogP contribution in [-0.4, -0.2) is 12.0 Å². The molecule has 0 heterocycles. The number of nitrogens with zero attached hydrogens (tertiary/aromatic N) is 1. The van der Waals surface area contributed by atoms with E-state index in [1.807, 2.05) is 0 Å². The van der Waals surface area contributed by atoms with Crippen LogP contribution in [0.25, 0.3) is 0 Å². The molecule has 1 fully saturated rings. The third kappa shape index (κ3) is 3.49. The van der Waals surface area contributed by atoms with Gasteiger partial charge in [0.15, 0.2) is 5.96 Å².